The standard InChI is InChI=1S/C23H22N2O3/c1-16-14-24(21-9-5-6-10-22(21)25(16)17(2)26)23(27)15-28-20-12-11-18-7-3-4-8-19(18)13-20/h3-13,16H,14-15H2,1-2H3/t16-/m0/s1. The van der Waals surface area contributed by atoms with Gasteiger partial charge in [-0.1, -0.05) is 42.5 Å². The predicted octanol–water partition coefficient (Wildman–Crippen LogP) is 4.01. The Hall–Kier alpha value is -3.34. The fourth-order valence-electron chi connectivity index (χ4n) is 3.77. The van der Waals surface area contributed by atoms with Crippen LogP contribution in [0.1, 0.15) is 13.8 Å². The van der Waals surface area contributed by atoms with Crippen molar-refractivity contribution in [3.8, 4) is 5.75 Å². The number of fused-ring (bicyclic) bond motifs is 2. The minimum Gasteiger partial charge on any atom is -0.484 e. The summed E-state index contributed by atoms with van der Waals surface area (Å²) in [6, 6.07) is 21.2. The molecule has 0 unspecified atom stereocenters. The van der Waals surface area contributed by atoms with E-state index in [1.165, 1.54) is 0 Å². The van der Waals surface area contributed by atoms with Gasteiger partial charge >= 0.3 is 0 Å². The quantitative estimate of drug-likeness (QED) is 0.696. The number of ether oxygens (including phenoxy) is 1. The molecule has 0 aromatic heterocycles. The molecule has 0 fully saturated rings. The number of carbonyl (C=O) groups excluding carboxylic acids is 2. The SMILES string of the molecule is CC(=O)N1c2ccccc2N(C(=O)COc2ccc3ccccc3c2)C[C@@H]1C. The van der Waals surface area contributed by atoms with Gasteiger partial charge in [0.1, 0.15) is 5.75 Å². The predicted molar refractivity (Wildman–Crippen MR) is 111 cm³/mol. The lowest BCUT2D eigenvalue weighted by molar-refractivity contribution is -0.121. The van der Waals surface area contributed by atoms with Crippen LogP contribution in [0.15, 0.2) is 66.7 Å². The first-order valence-electron chi connectivity index (χ1n) is 9.35. The van der Waals surface area contributed by atoms with E-state index in [1.807, 2.05) is 73.7 Å². The highest BCUT2D eigenvalue weighted by Gasteiger charge is 2.33. The molecule has 5 heteroatoms. The molecule has 3 aromatic rings. The van der Waals surface area contributed by atoms with Gasteiger partial charge in [-0.2, -0.15) is 0 Å². The number of benzene rings is 3. The molecule has 0 N–H and O–H groups in total. The molecule has 4 rings (SSSR count). The first-order chi connectivity index (χ1) is 13.5. The summed E-state index contributed by atoms with van der Waals surface area (Å²) in [4.78, 5) is 28.4. The van der Waals surface area contributed by atoms with Crippen molar-refractivity contribution in [2.45, 2.75) is 19.9 Å². The lowest BCUT2D eigenvalue weighted by Crippen LogP contribution is -2.52. The van der Waals surface area contributed by atoms with Crippen LogP contribution in [0.2, 0.25) is 0 Å². The number of para-hydroxylation sites is 2. The van der Waals surface area contributed by atoms with Crippen molar-refractivity contribution >= 4 is 34.0 Å². The van der Waals surface area contributed by atoms with E-state index in [9.17, 15) is 9.59 Å². The molecule has 1 heterocycles. The summed E-state index contributed by atoms with van der Waals surface area (Å²) in [5.41, 5.74) is 1.50. The first-order valence-corrected chi connectivity index (χ1v) is 9.35. The van der Waals surface area contributed by atoms with Crippen molar-refractivity contribution in [1.82, 2.24) is 0 Å². The molecular formula is C23H22N2O3. The normalized spacial score (nSPS) is 16.0. The van der Waals surface area contributed by atoms with Gasteiger partial charge in [0.15, 0.2) is 6.61 Å². The second-order valence-corrected chi connectivity index (χ2v) is 7.03. The van der Waals surface area contributed by atoms with Gasteiger partial charge in [0, 0.05) is 13.5 Å². The van der Waals surface area contributed by atoms with Crippen molar-refractivity contribution in [3.05, 3.63) is 66.7 Å². The number of rotatable bonds is 3. The molecule has 1 aliphatic rings. The number of anilines is 2. The maximum atomic E-state index is 12.9. The third-order valence-electron chi connectivity index (χ3n) is 5.04. The zero-order valence-electron chi connectivity index (χ0n) is 16.0. The third kappa shape index (κ3) is 3.31. The monoisotopic (exact) mass is 374 g/mol. The molecule has 0 radical (unpaired) electrons. The second-order valence-electron chi connectivity index (χ2n) is 7.03. The average Bonchev–Trinajstić information content (AvgIpc) is 2.70. The minimum atomic E-state index is -0.129. The molecule has 142 valence electrons. The first kappa shape index (κ1) is 18.0. The van der Waals surface area contributed by atoms with Gasteiger partial charge < -0.3 is 14.5 Å². The van der Waals surface area contributed by atoms with Gasteiger partial charge in [-0.15, -0.1) is 0 Å². The van der Waals surface area contributed by atoms with Crippen LogP contribution in [0.4, 0.5) is 11.4 Å². The van der Waals surface area contributed by atoms with Crippen LogP contribution >= 0.6 is 0 Å². The highest BCUT2D eigenvalue weighted by molar-refractivity contribution is 6.04. The number of hydrogen-bond acceptors (Lipinski definition) is 3. The van der Waals surface area contributed by atoms with Gasteiger partial charge in [-0.25, -0.2) is 0 Å². The summed E-state index contributed by atoms with van der Waals surface area (Å²) in [6.45, 7) is 3.88. The number of amides is 2. The van der Waals surface area contributed by atoms with Crippen molar-refractivity contribution in [2.75, 3.05) is 23.0 Å². The molecule has 0 aliphatic carbocycles. The van der Waals surface area contributed by atoms with E-state index in [-0.39, 0.29) is 24.5 Å². The maximum absolute atomic E-state index is 12.9. The summed E-state index contributed by atoms with van der Waals surface area (Å²) >= 11 is 0. The van der Waals surface area contributed by atoms with Gasteiger partial charge in [-0.3, -0.25) is 9.59 Å². The molecule has 1 aliphatic heterocycles. The number of nitrogens with zero attached hydrogens (tertiary/aromatic N) is 2. The Morgan fingerprint density at radius 1 is 0.964 bits per heavy atom. The van der Waals surface area contributed by atoms with E-state index < -0.39 is 0 Å². The smallest absolute Gasteiger partial charge is 0.265 e. The van der Waals surface area contributed by atoms with E-state index in [1.54, 1.807) is 16.7 Å². The van der Waals surface area contributed by atoms with Gasteiger partial charge in [0.25, 0.3) is 5.91 Å². The largest absolute Gasteiger partial charge is 0.484 e. The molecule has 1 atom stereocenters. The summed E-state index contributed by atoms with van der Waals surface area (Å²) < 4.78 is 5.78. The molecular weight excluding hydrogens is 352 g/mol. The highest BCUT2D eigenvalue weighted by atomic mass is 16.5. The highest BCUT2D eigenvalue weighted by Crippen LogP contribution is 2.35. The molecule has 0 saturated carbocycles. The molecule has 3 aromatic carbocycles. The Labute approximate surface area is 164 Å². The van der Waals surface area contributed by atoms with Crippen molar-refractivity contribution in [1.29, 1.82) is 0 Å². The summed E-state index contributed by atoms with van der Waals surface area (Å²) in [5.74, 6) is 0.505. The van der Waals surface area contributed by atoms with E-state index in [0.717, 1.165) is 22.1 Å². The molecule has 0 saturated heterocycles. The molecule has 5 nitrogen and oxygen atoms in total. The van der Waals surface area contributed by atoms with Crippen LogP contribution in [0.5, 0.6) is 5.75 Å². The fraction of sp³-hybridized carbons (Fsp3) is 0.217. The van der Waals surface area contributed by atoms with Crippen LogP contribution in [0, 0.1) is 0 Å². The van der Waals surface area contributed by atoms with E-state index in [0.29, 0.717) is 12.3 Å². The van der Waals surface area contributed by atoms with Gasteiger partial charge in [-0.05, 0) is 42.0 Å². The van der Waals surface area contributed by atoms with Gasteiger partial charge in [0.2, 0.25) is 5.91 Å². The van der Waals surface area contributed by atoms with E-state index in [2.05, 4.69) is 0 Å². The van der Waals surface area contributed by atoms with Crippen LogP contribution in [0.25, 0.3) is 10.8 Å². The lowest BCUT2D eigenvalue weighted by Gasteiger charge is -2.40. The van der Waals surface area contributed by atoms with Crippen LogP contribution in [-0.4, -0.2) is 31.0 Å². The van der Waals surface area contributed by atoms with Crippen molar-refractivity contribution in [3.63, 3.8) is 0 Å². The second kappa shape index (κ2) is 7.35. The Balaban J connectivity index is 1.54. The van der Waals surface area contributed by atoms with Crippen molar-refractivity contribution in [2.24, 2.45) is 0 Å². The Kier molecular flexibility index (Phi) is 4.74. The topological polar surface area (TPSA) is 49.9 Å². The lowest BCUT2D eigenvalue weighted by atomic mass is 10.1. The van der Waals surface area contributed by atoms with Crippen LogP contribution in [-0.2, 0) is 9.59 Å². The minimum absolute atomic E-state index is 0.0283. The summed E-state index contributed by atoms with van der Waals surface area (Å²) in [5, 5.41) is 2.20. The zero-order chi connectivity index (χ0) is 19.7. The fourth-order valence-corrected chi connectivity index (χ4v) is 3.77. The Morgan fingerprint density at radius 2 is 1.64 bits per heavy atom. The Morgan fingerprint density at radius 3 is 2.39 bits per heavy atom. The number of carbonyl (C=O) groups is 2. The molecule has 0 bridgehead atoms. The van der Waals surface area contributed by atoms with Crippen LogP contribution in [0.3, 0.4) is 0 Å². The zero-order valence-corrected chi connectivity index (χ0v) is 16.0. The summed E-state index contributed by atoms with van der Waals surface area (Å²) in [6.07, 6.45) is 0. The molecule has 28 heavy (non-hydrogen) atoms. The molecule has 0 spiro atoms. The Bertz CT molecular complexity index is 1050. The molecule has 2 amide bonds. The van der Waals surface area contributed by atoms with Crippen LogP contribution < -0.4 is 14.5 Å². The van der Waals surface area contributed by atoms with E-state index >= 15 is 0 Å². The van der Waals surface area contributed by atoms with Crippen molar-refractivity contribution < 1.29 is 14.3 Å². The number of hydrogen-bond donors (Lipinski definition) is 0. The summed E-state index contributed by atoms with van der Waals surface area (Å²) in [7, 11) is 0. The van der Waals surface area contributed by atoms with E-state index in [4.69, 9.17) is 4.74 Å². The average molecular weight is 374 g/mol. The third-order valence-corrected chi connectivity index (χ3v) is 5.04. The maximum Gasteiger partial charge on any atom is 0.265 e. The van der Waals surface area contributed by atoms with Gasteiger partial charge in [0.05, 0.1) is 17.4 Å².